The van der Waals surface area contributed by atoms with Crippen LogP contribution < -0.4 is 5.32 Å². The molecule has 0 saturated heterocycles. The SMILES string of the molecule is CCNC(C(C)CCOC)C(C)OC. The number of methoxy groups -OCH3 is 2. The first-order valence-corrected chi connectivity index (χ1v) is 5.42. The van der Waals surface area contributed by atoms with Crippen LogP contribution in [-0.4, -0.2) is 39.5 Å². The summed E-state index contributed by atoms with van der Waals surface area (Å²) in [4.78, 5) is 0. The highest BCUT2D eigenvalue weighted by Gasteiger charge is 2.22. The maximum Gasteiger partial charge on any atom is 0.0698 e. The molecule has 3 atom stereocenters. The van der Waals surface area contributed by atoms with Crippen LogP contribution >= 0.6 is 0 Å². The normalized spacial score (nSPS) is 17.8. The summed E-state index contributed by atoms with van der Waals surface area (Å²) in [7, 11) is 3.51. The second kappa shape index (κ2) is 8.21. The summed E-state index contributed by atoms with van der Waals surface area (Å²) in [5.41, 5.74) is 0. The van der Waals surface area contributed by atoms with Crippen molar-refractivity contribution >= 4 is 0 Å². The third-order valence-electron chi connectivity index (χ3n) is 2.71. The summed E-state index contributed by atoms with van der Waals surface area (Å²) in [5.74, 6) is 0.574. The number of ether oxygens (including phenoxy) is 2. The molecule has 3 unspecified atom stereocenters. The van der Waals surface area contributed by atoms with Crippen LogP contribution in [-0.2, 0) is 9.47 Å². The second-order valence-corrected chi connectivity index (χ2v) is 3.78. The molecule has 0 radical (unpaired) electrons. The first-order chi connectivity index (χ1) is 6.67. The summed E-state index contributed by atoms with van der Waals surface area (Å²) < 4.78 is 10.4. The molecule has 3 heteroatoms. The first kappa shape index (κ1) is 13.9. The molecule has 0 rings (SSSR count). The maximum atomic E-state index is 5.36. The van der Waals surface area contributed by atoms with Gasteiger partial charge >= 0.3 is 0 Å². The van der Waals surface area contributed by atoms with Gasteiger partial charge in [-0.1, -0.05) is 13.8 Å². The zero-order valence-corrected chi connectivity index (χ0v) is 10.2. The molecule has 0 aromatic heterocycles. The summed E-state index contributed by atoms with van der Waals surface area (Å²) in [6.07, 6.45) is 1.32. The van der Waals surface area contributed by atoms with Crippen molar-refractivity contribution in [1.82, 2.24) is 5.32 Å². The average Bonchev–Trinajstić information content (AvgIpc) is 2.21. The van der Waals surface area contributed by atoms with E-state index in [0.717, 1.165) is 19.6 Å². The quantitative estimate of drug-likeness (QED) is 0.651. The van der Waals surface area contributed by atoms with Gasteiger partial charge in [-0.25, -0.2) is 0 Å². The molecule has 0 aromatic rings. The van der Waals surface area contributed by atoms with E-state index in [9.17, 15) is 0 Å². The van der Waals surface area contributed by atoms with Crippen LogP contribution in [0.5, 0.6) is 0 Å². The van der Waals surface area contributed by atoms with E-state index in [-0.39, 0.29) is 6.10 Å². The highest BCUT2D eigenvalue weighted by molar-refractivity contribution is 4.78. The average molecular weight is 203 g/mol. The van der Waals surface area contributed by atoms with Crippen molar-refractivity contribution in [3.8, 4) is 0 Å². The standard InChI is InChI=1S/C11H25NO2/c1-6-12-11(10(3)14-5)9(2)7-8-13-4/h9-12H,6-8H2,1-5H3. The summed E-state index contributed by atoms with van der Waals surface area (Å²) in [6, 6.07) is 0.417. The Kier molecular flexibility index (Phi) is 8.14. The summed E-state index contributed by atoms with van der Waals surface area (Å²) >= 11 is 0. The zero-order valence-electron chi connectivity index (χ0n) is 10.2. The molecular formula is C11H25NO2. The van der Waals surface area contributed by atoms with Crippen LogP contribution in [0.4, 0.5) is 0 Å². The lowest BCUT2D eigenvalue weighted by atomic mass is 9.94. The van der Waals surface area contributed by atoms with E-state index in [0.29, 0.717) is 12.0 Å². The van der Waals surface area contributed by atoms with Gasteiger partial charge in [-0.3, -0.25) is 0 Å². The molecule has 0 bridgehead atoms. The summed E-state index contributed by atoms with van der Waals surface area (Å²) in [6.45, 7) is 8.27. The number of rotatable bonds is 8. The van der Waals surface area contributed by atoms with Gasteiger partial charge in [-0.05, 0) is 25.8 Å². The van der Waals surface area contributed by atoms with E-state index in [1.807, 2.05) is 0 Å². The van der Waals surface area contributed by atoms with Crippen LogP contribution in [0, 0.1) is 5.92 Å². The topological polar surface area (TPSA) is 30.5 Å². The van der Waals surface area contributed by atoms with Crippen molar-refractivity contribution in [3.05, 3.63) is 0 Å². The molecule has 86 valence electrons. The Balaban J connectivity index is 4.03. The van der Waals surface area contributed by atoms with Gasteiger partial charge in [0.25, 0.3) is 0 Å². The Labute approximate surface area is 88.2 Å². The van der Waals surface area contributed by atoms with Gasteiger partial charge in [-0.2, -0.15) is 0 Å². The molecule has 0 amide bonds. The largest absolute Gasteiger partial charge is 0.385 e. The van der Waals surface area contributed by atoms with Crippen LogP contribution in [0.1, 0.15) is 27.2 Å². The van der Waals surface area contributed by atoms with Crippen molar-refractivity contribution in [2.75, 3.05) is 27.4 Å². The Morgan fingerprint density at radius 3 is 2.29 bits per heavy atom. The summed E-state index contributed by atoms with van der Waals surface area (Å²) in [5, 5.41) is 3.46. The number of nitrogens with one attached hydrogen (secondary N) is 1. The van der Waals surface area contributed by atoms with Crippen LogP contribution in [0.2, 0.25) is 0 Å². The van der Waals surface area contributed by atoms with Gasteiger partial charge in [0.15, 0.2) is 0 Å². The minimum atomic E-state index is 0.252. The lowest BCUT2D eigenvalue weighted by Crippen LogP contribution is -2.44. The van der Waals surface area contributed by atoms with Crippen molar-refractivity contribution < 1.29 is 9.47 Å². The third-order valence-corrected chi connectivity index (χ3v) is 2.71. The van der Waals surface area contributed by atoms with Crippen molar-refractivity contribution in [1.29, 1.82) is 0 Å². The Hall–Kier alpha value is -0.120. The molecule has 0 aromatic carbocycles. The second-order valence-electron chi connectivity index (χ2n) is 3.78. The monoisotopic (exact) mass is 203 g/mol. The first-order valence-electron chi connectivity index (χ1n) is 5.42. The maximum absolute atomic E-state index is 5.36. The third kappa shape index (κ3) is 4.94. The lowest BCUT2D eigenvalue weighted by Gasteiger charge is -2.29. The van der Waals surface area contributed by atoms with Gasteiger partial charge in [0, 0.05) is 26.9 Å². The van der Waals surface area contributed by atoms with Gasteiger partial charge in [0.05, 0.1) is 6.10 Å². The number of hydrogen-bond donors (Lipinski definition) is 1. The minimum Gasteiger partial charge on any atom is -0.385 e. The Morgan fingerprint density at radius 2 is 1.86 bits per heavy atom. The van der Waals surface area contributed by atoms with E-state index in [2.05, 4.69) is 26.1 Å². The van der Waals surface area contributed by atoms with E-state index >= 15 is 0 Å². The fourth-order valence-corrected chi connectivity index (χ4v) is 1.70. The molecule has 14 heavy (non-hydrogen) atoms. The molecule has 0 heterocycles. The Morgan fingerprint density at radius 1 is 1.21 bits per heavy atom. The van der Waals surface area contributed by atoms with Crippen LogP contribution in [0.25, 0.3) is 0 Å². The van der Waals surface area contributed by atoms with Crippen LogP contribution in [0.3, 0.4) is 0 Å². The zero-order chi connectivity index (χ0) is 11.0. The van der Waals surface area contributed by atoms with Gasteiger partial charge in [-0.15, -0.1) is 0 Å². The molecule has 0 aliphatic heterocycles. The predicted molar refractivity (Wildman–Crippen MR) is 59.6 cm³/mol. The molecule has 3 nitrogen and oxygen atoms in total. The van der Waals surface area contributed by atoms with Gasteiger partial charge in [0.1, 0.15) is 0 Å². The Bertz CT molecular complexity index is 130. The van der Waals surface area contributed by atoms with Gasteiger partial charge in [0.2, 0.25) is 0 Å². The lowest BCUT2D eigenvalue weighted by molar-refractivity contribution is 0.0566. The van der Waals surface area contributed by atoms with Crippen molar-refractivity contribution in [2.45, 2.75) is 39.3 Å². The highest BCUT2D eigenvalue weighted by Crippen LogP contribution is 2.13. The molecule has 1 N–H and O–H groups in total. The fraction of sp³-hybridized carbons (Fsp3) is 1.00. The molecule has 0 saturated carbocycles. The molecule has 0 spiro atoms. The van der Waals surface area contributed by atoms with Crippen LogP contribution in [0.15, 0.2) is 0 Å². The molecule has 0 fully saturated rings. The predicted octanol–water partition coefficient (Wildman–Crippen LogP) is 1.67. The highest BCUT2D eigenvalue weighted by atomic mass is 16.5. The fourth-order valence-electron chi connectivity index (χ4n) is 1.70. The van der Waals surface area contributed by atoms with E-state index in [1.165, 1.54) is 0 Å². The molecule has 0 aliphatic carbocycles. The van der Waals surface area contributed by atoms with E-state index in [4.69, 9.17) is 9.47 Å². The number of likely N-dealkylation sites (N-methyl/N-ethyl adjacent to an activating group) is 1. The van der Waals surface area contributed by atoms with Gasteiger partial charge < -0.3 is 14.8 Å². The number of hydrogen-bond acceptors (Lipinski definition) is 3. The molecular weight excluding hydrogens is 178 g/mol. The van der Waals surface area contributed by atoms with E-state index < -0.39 is 0 Å². The molecule has 0 aliphatic rings. The smallest absolute Gasteiger partial charge is 0.0698 e. The van der Waals surface area contributed by atoms with Crippen molar-refractivity contribution in [2.24, 2.45) is 5.92 Å². The van der Waals surface area contributed by atoms with E-state index in [1.54, 1.807) is 14.2 Å². The minimum absolute atomic E-state index is 0.252. The van der Waals surface area contributed by atoms with Crippen molar-refractivity contribution in [3.63, 3.8) is 0 Å².